The van der Waals surface area contributed by atoms with E-state index in [9.17, 15) is 0 Å². The summed E-state index contributed by atoms with van der Waals surface area (Å²) in [5.74, 6) is 2.03. The fourth-order valence-corrected chi connectivity index (χ4v) is 1.91. The first-order valence-electron chi connectivity index (χ1n) is 7.10. The van der Waals surface area contributed by atoms with Gasteiger partial charge in [-0.15, -0.1) is 6.58 Å². The van der Waals surface area contributed by atoms with Gasteiger partial charge in [0.2, 0.25) is 0 Å². The van der Waals surface area contributed by atoms with Gasteiger partial charge in [-0.25, -0.2) is 0 Å². The van der Waals surface area contributed by atoms with Crippen LogP contribution >= 0.6 is 0 Å². The molecule has 1 N–H and O–H groups in total. The first kappa shape index (κ1) is 16.0. The lowest BCUT2D eigenvalue weighted by molar-refractivity contribution is 0.263. The first-order valence-corrected chi connectivity index (χ1v) is 7.10. The zero-order valence-corrected chi connectivity index (χ0v) is 12.8. The lowest BCUT2D eigenvalue weighted by Crippen LogP contribution is -2.34. The molecule has 0 aliphatic rings. The van der Waals surface area contributed by atoms with E-state index in [4.69, 9.17) is 4.42 Å². The summed E-state index contributed by atoms with van der Waals surface area (Å²) in [4.78, 5) is 2.34. The molecule has 0 radical (unpaired) electrons. The van der Waals surface area contributed by atoms with Gasteiger partial charge in [0.05, 0.1) is 13.1 Å². The van der Waals surface area contributed by atoms with Crippen LogP contribution in [0, 0.1) is 0 Å². The number of hydrogen-bond acceptors (Lipinski definition) is 3. The lowest BCUT2D eigenvalue weighted by Gasteiger charge is -2.20. The van der Waals surface area contributed by atoms with Crippen LogP contribution in [0.5, 0.6) is 0 Å². The van der Waals surface area contributed by atoms with Gasteiger partial charge >= 0.3 is 0 Å². The zero-order valence-electron chi connectivity index (χ0n) is 12.8. The predicted molar refractivity (Wildman–Crippen MR) is 81.1 cm³/mol. The van der Waals surface area contributed by atoms with Crippen molar-refractivity contribution < 1.29 is 4.42 Å². The van der Waals surface area contributed by atoms with Gasteiger partial charge in [0.15, 0.2) is 0 Å². The average Bonchev–Trinajstić information content (AvgIpc) is 2.74. The van der Waals surface area contributed by atoms with Crippen molar-refractivity contribution in [3.8, 4) is 0 Å². The summed E-state index contributed by atoms with van der Waals surface area (Å²) < 4.78 is 5.86. The van der Waals surface area contributed by atoms with Crippen LogP contribution in [-0.2, 0) is 13.1 Å². The Morgan fingerprint density at radius 2 is 2.00 bits per heavy atom. The molecule has 1 aromatic heterocycles. The minimum atomic E-state index is 0.115. The van der Waals surface area contributed by atoms with Gasteiger partial charge in [-0.05, 0) is 45.9 Å². The second-order valence-electron chi connectivity index (χ2n) is 6.00. The summed E-state index contributed by atoms with van der Waals surface area (Å²) in [5.41, 5.74) is 0.115. The predicted octanol–water partition coefficient (Wildman–Crippen LogP) is 3.57. The van der Waals surface area contributed by atoms with Crippen LogP contribution in [0.15, 0.2) is 29.2 Å². The molecule has 1 heterocycles. The van der Waals surface area contributed by atoms with Crippen LogP contribution in [0.25, 0.3) is 0 Å². The molecule has 108 valence electrons. The Morgan fingerprint density at radius 1 is 1.32 bits per heavy atom. The summed E-state index contributed by atoms with van der Waals surface area (Å²) in [7, 11) is 0. The van der Waals surface area contributed by atoms with E-state index in [-0.39, 0.29) is 5.54 Å². The fourth-order valence-electron chi connectivity index (χ4n) is 1.91. The maximum atomic E-state index is 5.86. The van der Waals surface area contributed by atoms with E-state index in [0.29, 0.717) is 0 Å². The Hall–Kier alpha value is -1.06. The molecule has 0 spiro atoms. The van der Waals surface area contributed by atoms with Crippen molar-refractivity contribution in [3.63, 3.8) is 0 Å². The quantitative estimate of drug-likeness (QED) is 0.728. The van der Waals surface area contributed by atoms with Crippen LogP contribution in [0.1, 0.15) is 45.6 Å². The number of rotatable bonds is 8. The van der Waals surface area contributed by atoms with Crippen LogP contribution in [0.4, 0.5) is 0 Å². The maximum Gasteiger partial charge on any atom is 0.118 e. The maximum absolute atomic E-state index is 5.86. The highest BCUT2D eigenvalue weighted by molar-refractivity contribution is 5.07. The molecule has 0 fully saturated rings. The van der Waals surface area contributed by atoms with Crippen molar-refractivity contribution in [2.75, 3.05) is 13.1 Å². The molecular weight excluding hydrogens is 236 g/mol. The number of nitrogens with one attached hydrogen (secondary N) is 1. The Bertz CT molecular complexity index is 376. The van der Waals surface area contributed by atoms with Gasteiger partial charge in [-0.3, -0.25) is 4.90 Å². The number of hydrogen-bond donors (Lipinski definition) is 1. The molecule has 0 aromatic carbocycles. The molecule has 0 unspecified atom stereocenters. The van der Waals surface area contributed by atoms with Crippen LogP contribution in [-0.4, -0.2) is 23.5 Å². The van der Waals surface area contributed by atoms with Crippen LogP contribution in [0.3, 0.4) is 0 Å². The normalized spacial score (nSPS) is 12.1. The highest BCUT2D eigenvalue weighted by atomic mass is 16.3. The van der Waals surface area contributed by atoms with Crippen molar-refractivity contribution in [3.05, 3.63) is 36.3 Å². The Balaban J connectivity index is 2.51. The fraction of sp³-hybridized carbons (Fsp3) is 0.625. The monoisotopic (exact) mass is 264 g/mol. The SMILES string of the molecule is C=CCN(CCC)Cc1ccc(CNC(C)(C)C)o1. The van der Waals surface area contributed by atoms with E-state index in [1.165, 1.54) is 0 Å². The summed E-state index contributed by atoms with van der Waals surface area (Å²) in [6.07, 6.45) is 3.09. The molecule has 0 atom stereocenters. The first-order chi connectivity index (χ1) is 8.94. The van der Waals surface area contributed by atoms with Crippen molar-refractivity contribution in [2.24, 2.45) is 0 Å². The summed E-state index contributed by atoms with van der Waals surface area (Å²) in [6.45, 7) is 16.1. The van der Waals surface area contributed by atoms with Crippen molar-refractivity contribution in [2.45, 2.75) is 52.7 Å². The molecule has 19 heavy (non-hydrogen) atoms. The van der Waals surface area contributed by atoms with Gasteiger partial charge in [0, 0.05) is 12.1 Å². The van der Waals surface area contributed by atoms with Gasteiger partial charge in [0.25, 0.3) is 0 Å². The van der Waals surface area contributed by atoms with Gasteiger partial charge in [-0.1, -0.05) is 13.0 Å². The van der Waals surface area contributed by atoms with Gasteiger partial charge < -0.3 is 9.73 Å². The standard InChI is InChI=1S/C16H28N2O/c1-6-10-18(11-7-2)13-15-9-8-14(19-15)12-17-16(3,4)5/h6,8-9,17H,1,7,10-13H2,2-5H3. The highest BCUT2D eigenvalue weighted by Crippen LogP contribution is 2.12. The Kier molecular flexibility index (Phi) is 6.32. The summed E-state index contributed by atoms with van der Waals surface area (Å²) in [6, 6.07) is 4.14. The van der Waals surface area contributed by atoms with E-state index < -0.39 is 0 Å². The molecule has 1 rings (SSSR count). The lowest BCUT2D eigenvalue weighted by atomic mass is 10.1. The molecule has 3 nitrogen and oxygen atoms in total. The molecule has 0 saturated heterocycles. The second-order valence-corrected chi connectivity index (χ2v) is 6.00. The molecular formula is C16H28N2O. The second kappa shape index (κ2) is 7.51. The van der Waals surface area contributed by atoms with Crippen LogP contribution in [0.2, 0.25) is 0 Å². The molecule has 1 aromatic rings. The summed E-state index contributed by atoms with van der Waals surface area (Å²) >= 11 is 0. The van der Waals surface area contributed by atoms with E-state index in [2.05, 4.69) is 56.6 Å². The highest BCUT2D eigenvalue weighted by Gasteiger charge is 2.11. The van der Waals surface area contributed by atoms with Crippen molar-refractivity contribution in [1.82, 2.24) is 10.2 Å². The minimum absolute atomic E-state index is 0.115. The topological polar surface area (TPSA) is 28.4 Å². The zero-order chi connectivity index (χ0) is 14.3. The number of furan rings is 1. The van der Waals surface area contributed by atoms with E-state index >= 15 is 0 Å². The third-order valence-corrected chi connectivity index (χ3v) is 2.82. The Labute approximate surface area is 117 Å². The van der Waals surface area contributed by atoms with Crippen LogP contribution < -0.4 is 5.32 Å². The minimum Gasteiger partial charge on any atom is -0.463 e. The third-order valence-electron chi connectivity index (χ3n) is 2.82. The van der Waals surface area contributed by atoms with E-state index in [1.54, 1.807) is 0 Å². The van der Waals surface area contributed by atoms with E-state index in [0.717, 1.165) is 44.1 Å². The van der Waals surface area contributed by atoms with Crippen molar-refractivity contribution in [1.29, 1.82) is 0 Å². The third kappa shape index (κ3) is 6.60. The van der Waals surface area contributed by atoms with E-state index in [1.807, 2.05) is 6.08 Å². The smallest absolute Gasteiger partial charge is 0.118 e. The van der Waals surface area contributed by atoms with Gasteiger partial charge in [0.1, 0.15) is 11.5 Å². The Morgan fingerprint density at radius 3 is 2.58 bits per heavy atom. The molecule has 0 aliphatic carbocycles. The van der Waals surface area contributed by atoms with Crippen molar-refractivity contribution >= 4 is 0 Å². The number of nitrogens with zero attached hydrogens (tertiary/aromatic N) is 1. The molecule has 0 amide bonds. The summed E-state index contributed by atoms with van der Waals surface area (Å²) in [5, 5.41) is 3.43. The average molecular weight is 264 g/mol. The van der Waals surface area contributed by atoms with Gasteiger partial charge in [-0.2, -0.15) is 0 Å². The largest absolute Gasteiger partial charge is 0.463 e. The molecule has 0 saturated carbocycles. The molecule has 0 bridgehead atoms. The molecule has 0 aliphatic heterocycles. The molecule has 3 heteroatoms.